The summed E-state index contributed by atoms with van der Waals surface area (Å²) in [6.07, 6.45) is 5.85. The molecule has 3 nitrogen and oxygen atoms in total. The molecule has 3 heteroatoms. The van der Waals surface area contributed by atoms with E-state index in [-0.39, 0.29) is 0 Å². The SMILES string of the molecule is CCN(C)c1ncccc1C1CCCCN1CC. The van der Waals surface area contributed by atoms with Gasteiger partial charge >= 0.3 is 0 Å². The molecule has 0 saturated carbocycles. The highest BCUT2D eigenvalue weighted by molar-refractivity contribution is 5.47. The maximum Gasteiger partial charge on any atom is 0.133 e. The van der Waals surface area contributed by atoms with Gasteiger partial charge < -0.3 is 4.90 Å². The van der Waals surface area contributed by atoms with Crippen molar-refractivity contribution in [3.8, 4) is 0 Å². The van der Waals surface area contributed by atoms with Crippen molar-refractivity contribution in [2.24, 2.45) is 0 Å². The van der Waals surface area contributed by atoms with E-state index in [0.29, 0.717) is 6.04 Å². The molecular formula is C15H25N3. The molecule has 2 heterocycles. The molecule has 1 fully saturated rings. The first kappa shape index (κ1) is 13.3. The van der Waals surface area contributed by atoms with E-state index in [1.54, 1.807) is 0 Å². The first-order valence-corrected chi connectivity index (χ1v) is 7.18. The summed E-state index contributed by atoms with van der Waals surface area (Å²) in [4.78, 5) is 9.43. The average Bonchev–Trinajstić information content (AvgIpc) is 2.46. The zero-order valence-corrected chi connectivity index (χ0v) is 11.9. The van der Waals surface area contributed by atoms with Crippen LogP contribution in [0, 0.1) is 0 Å². The van der Waals surface area contributed by atoms with Crippen molar-refractivity contribution in [3.05, 3.63) is 23.9 Å². The summed E-state index contributed by atoms with van der Waals surface area (Å²) in [5.41, 5.74) is 1.41. The van der Waals surface area contributed by atoms with E-state index in [4.69, 9.17) is 0 Å². The topological polar surface area (TPSA) is 19.4 Å². The first-order chi connectivity index (χ1) is 8.77. The third-order valence-electron chi connectivity index (χ3n) is 4.03. The summed E-state index contributed by atoms with van der Waals surface area (Å²) < 4.78 is 0. The summed E-state index contributed by atoms with van der Waals surface area (Å²) in [7, 11) is 2.13. The Bertz CT molecular complexity index is 378. The lowest BCUT2D eigenvalue weighted by atomic mass is 9.95. The Kier molecular flexibility index (Phi) is 4.59. The van der Waals surface area contributed by atoms with Gasteiger partial charge in [-0.15, -0.1) is 0 Å². The van der Waals surface area contributed by atoms with Gasteiger partial charge in [-0.05, 0) is 38.9 Å². The minimum Gasteiger partial charge on any atom is -0.360 e. The molecule has 0 amide bonds. The Balaban J connectivity index is 2.30. The van der Waals surface area contributed by atoms with E-state index in [9.17, 15) is 0 Å². The molecule has 18 heavy (non-hydrogen) atoms. The van der Waals surface area contributed by atoms with Crippen LogP contribution in [0.5, 0.6) is 0 Å². The van der Waals surface area contributed by atoms with E-state index in [1.165, 1.54) is 31.4 Å². The number of hydrogen-bond donors (Lipinski definition) is 0. The summed E-state index contributed by atoms with van der Waals surface area (Å²) >= 11 is 0. The second kappa shape index (κ2) is 6.19. The Morgan fingerprint density at radius 2 is 2.22 bits per heavy atom. The summed E-state index contributed by atoms with van der Waals surface area (Å²) in [6, 6.07) is 4.89. The van der Waals surface area contributed by atoms with Gasteiger partial charge in [0, 0.05) is 31.4 Å². The van der Waals surface area contributed by atoms with Crippen LogP contribution in [-0.2, 0) is 0 Å². The van der Waals surface area contributed by atoms with Crippen LogP contribution in [0.3, 0.4) is 0 Å². The zero-order chi connectivity index (χ0) is 13.0. The summed E-state index contributed by atoms with van der Waals surface area (Å²) in [5.74, 6) is 1.16. The van der Waals surface area contributed by atoms with Gasteiger partial charge in [0.15, 0.2) is 0 Å². The molecule has 1 aliphatic heterocycles. The fourth-order valence-corrected chi connectivity index (χ4v) is 2.86. The molecule has 1 saturated heterocycles. The summed E-state index contributed by atoms with van der Waals surface area (Å²) in [6.45, 7) is 7.80. The first-order valence-electron chi connectivity index (χ1n) is 7.18. The van der Waals surface area contributed by atoms with Crippen LogP contribution in [0.2, 0.25) is 0 Å². The number of piperidine rings is 1. The Labute approximate surface area is 111 Å². The predicted octanol–water partition coefficient (Wildman–Crippen LogP) is 3.08. The quantitative estimate of drug-likeness (QED) is 0.815. The third-order valence-corrected chi connectivity index (χ3v) is 4.03. The smallest absolute Gasteiger partial charge is 0.133 e. The van der Waals surface area contributed by atoms with Gasteiger partial charge in [-0.3, -0.25) is 4.90 Å². The number of rotatable bonds is 4. The van der Waals surface area contributed by atoms with Crippen LogP contribution in [0.1, 0.15) is 44.7 Å². The molecule has 100 valence electrons. The minimum atomic E-state index is 0.557. The molecule has 1 aromatic heterocycles. The molecule has 0 bridgehead atoms. The second-order valence-corrected chi connectivity index (χ2v) is 5.07. The van der Waals surface area contributed by atoms with Gasteiger partial charge in [-0.2, -0.15) is 0 Å². The second-order valence-electron chi connectivity index (χ2n) is 5.07. The van der Waals surface area contributed by atoms with Gasteiger partial charge in [0.1, 0.15) is 5.82 Å². The third kappa shape index (κ3) is 2.66. The van der Waals surface area contributed by atoms with E-state index < -0.39 is 0 Å². The highest BCUT2D eigenvalue weighted by atomic mass is 15.2. The van der Waals surface area contributed by atoms with Crippen LogP contribution in [-0.4, -0.2) is 36.6 Å². The van der Waals surface area contributed by atoms with Gasteiger partial charge in [0.25, 0.3) is 0 Å². The average molecular weight is 247 g/mol. The maximum absolute atomic E-state index is 4.59. The molecular weight excluding hydrogens is 222 g/mol. The van der Waals surface area contributed by atoms with Crippen molar-refractivity contribution in [2.75, 3.05) is 31.6 Å². The lowest BCUT2D eigenvalue weighted by Crippen LogP contribution is -2.34. The monoisotopic (exact) mass is 247 g/mol. The Morgan fingerprint density at radius 3 is 2.94 bits per heavy atom. The van der Waals surface area contributed by atoms with Crippen molar-refractivity contribution < 1.29 is 0 Å². The molecule has 0 aromatic carbocycles. The van der Waals surface area contributed by atoms with Gasteiger partial charge in [0.05, 0.1) is 0 Å². The number of aromatic nitrogens is 1. The molecule has 0 radical (unpaired) electrons. The normalized spacial score (nSPS) is 20.9. The van der Waals surface area contributed by atoms with Crippen LogP contribution >= 0.6 is 0 Å². The molecule has 1 aromatic rings. The largest absolute Gasteiger partial charge is 0.360 e. The maximum atomic E-state index is 4.59. The highest BCUT2D eigenvalue weighted by Crippen LogP contribution is 2.34. The van der Waals surface area contributed by atoms with E-state index in [2.05, 4.69) is 47.8 Å². The molecule has 2 rings (SSSR count). The number of hydrogen-bond acceptors (Lipinski definition) is 3. The van der Waals surface area contributed by atoms with Gasteiger partial charge in [-0.25, -0.2) is 4.98 Å². The molecule has 1 unspecified atom stereocenters. The molecule has 1 aliphatic rings. The number of pyridine rings is 1. The lowest BCUT2D eigenvalue weighted by molar-refractivity contribution is 0.157. The summed E-state index contributed by atoms with van der Waals surface area (Å²) in [5, 5.41) is 0. The number of nitrogens with zero attached hydrogens (tertiary/aromatic N) is 3. The Morgan fingerprint density at radius 1 is 1.39 bits per heavy atom. The predicted molar refractivity (Wildman–Crippen MR) is 77.0 cm³/mol. The van der Waals surface area contributed by atoms with E-state index >= 15 is 0 Å². The van der Waals surface area contributed by atoms with Crippen molar-refractivity contribution >= 4 is 5.82 Å². The molecule has 0 aliphatic carbocycles. The fraction of sp³-hybridized carbons (Fsp3) is 0.667. The zero-order valence-electron chi connectivity index (χ0n) is 11.9. The van der Waals surface area contributed by atoms with Gasteiger partial charge in [0.2, 0.25) is 0 Å². The van der Waals surface area contributed by atoms with Crippen LogP contribution < -0.4 is 4.90 Å². The van der Waals surface area contributed by atoms with E-state index in [1.807, 2.05) is 6.20 Å². The minimum absolute atomic E-state index is 0.557. The molecule has 0 N–H and O–H groups in total. The van der Waals surface area contributed by atoms with Crippen LogP contribution in [0.15, 0.2) is 18.3 Å². The number of likely N-dealkylation sites (tertiary alicyclic amines) is 1. The molecule has 1 atom stereocenters. The van der Waals surface area contributed by atoms with Crippen molar-refractivity contribution in [2.45, 2.75) is 39.2 Å². The number of anilines is 1. The molecule has 0 spiro atoms. The van der Waals surface area contributed by atoms with Crippen LogP contribution in [0.25, 0.3) is 0 Å². The van der Waals surface area contributed by atoms with Crippen molar-refractivity contribution in [1.82, 2.24) is 9.88 Å². The lowest BCUT2D eigenvalue weighted by Gasteiger charge is -2.36. The standard InChI is InChI=1S/C15H25N3/c1-4-17(3)15-13(9-8-11-16-15)14-10-6-7-12-18(14)5-2/h8-9,11,14H,4-7,10,12H2,1-3H3. The van der Waals surface area contributed by atoms with Crippen molar-refractivity contribution in [1.29, 1.82) is 0 Å². The Hall–Kier alpha value is -1.09. The van der Waals surface area contributed by atoms with Crippen LogP contribution in [0.4, 0.5) is 5.82 Å². The fourth-order valence-electron chi connectivity index (χ4n) is 2.86. The van der Waals surface area contributed by atoms with Crippen molar-refractivity contribution in [3.63, 3.8) is 0 Å². The highest BCUT2D eigenvalue weighted by Gasteiger charge is 2.25. The van der Waals surface area contributed by atoms with E-state index in [0.717, 1.165) is 18.9 Å². The van der Waals surface area contributed by atoms with Gasteiger partial charge in [-0.1, -0.05) is 19.4 Å².